The van der Waals surface area contributed by atoms with Crippen LogP contribution in [0.3, 0.4) is 0 Å². The van der Waals surface area contributed by atoms with Crippen LogP contribution >= 0.6 is 0 Å². The molecule has 2 aromatic rings. The first kappa shape index (κ1) is 20.2. The summed E-state index contributed by atoms with van der Waals surface area (Å²) in [6, 6.07) is 13.5. The predicted molar refractivity (Wildman–Crippen MR) is 104 cm³/mol. The number of thiol groups is 1. The van der Waals surface area contributed by atoms with Gasteiger partial charge in [-0.2, -0.15) is 0 Å². The van der Waals surface area contributed by atoms with Crippen molar-refractivity contribution in [3.63, 3.8) is 0 Å². The largest absolute Gasteiger partial charge is 0.492 e. The number of aliphatic hydroxyl groups is 1. The van der Waals surface area contributed by atoms with Crippen molar-refractivity contribution in [2.45, 2.75) is 32.9 Å². The summed E-state index contributed by atoms with van der Waals surface area (Å²) in [6.45, 7) is 5.15. The lowest BCUT2D eigenvalue weighted by atomic mass is 10.0. The van der Waals surface area contributed by atoms with E-state index in [1.807, 2.05) is 37.3 Å². The summed E-state index contributed by atoms with van der Waals surface area (Å²) in [4.78, 5) is 0. The van der Waals surface area contributed by atoms with E-state index in [0.717, 1.165) is 23.3 Å². The van der Waals surface area contributed by atoms with Crippen LogP contribution in [-0.4, -0.2) is 32.7 Å². The molecule has 26 heavy (non-hydrogen) atoms. The SMILES string of the molecule is Cc1ccccc1OCCN[C@H](C)Cc1ccc(CO)c(N[SH](=O)=O)c1. The van der Waals surface area contributed by atoms with Crippen LogP contribution in [-0.2, 0) is 23.9 Å². The topological polar surface area (TPSA) is 87.7 Å². The molecule has 0 saturated carbocycles. The highest BCUT2D eigenvalue weighted by molar-refractivity contribution is 7.73. The third kappa shape index (κ3) is 6.33. The number of hydrogen-bond donors (Lipinski definition) is 4. The third-order valence-electron chi connectivity index (χ3n) is 4.04. The number of benzene rings is 2. The fraction of sp³-hybridized carbons (Fsp3) is 0.368. The lowest BCUT2D eigenvalue weighted by Gasteiger charge is -2.16. The highest BCUT2D eigenvalue weighted by Crippen LogP contribution is 2.19. The molecule has 0 spiro atoms. The van der Waals surface area contributed by atoms with Crippen LogP contribution in [0.5, 0.6) is 5.75 Å². The summed E-state index contributed by atoms with van der Waals surface area (Å²) >= 11 is 0. The van der Waals surface area contributed by atoms with Crippen molar-refractivity contribution in [1.29, 1.82) is 0 Å². The van der Waals surface area contributed by atoms with Crippen LogP contribution in [0.25, 0.3) is 0 Å². The van der Waals surface area contributed by atoms with E-state index in [1.165, 1.54) is 0 Å². The van der Waals surface area contributed by atoms with Crippen molar-refractivity contribution in [2.75, 3.05) is 17.9 Å². The maximum absolute atomic E-state index is 10.9. The molecular formula is C19H26N2O4S. The van der Waals surface area contributed by atoms with Crippen molar-refractivity contribution >= 4 is 16.6 Å². The van der Waals surface area contributed by atoms with E-state index in [1.54, 1.807) is 12.1 Å². The zero-order chi connectivity index (χ0) is 18.9. The third-order valence-corrected chi connectivity index (χ3v) is 4.47. The predicted octanol–water partition coefficient (Wildman–Crippen LogP) is 2.03. The molecule has 0 aliphatic carbocycles. The first-order valence-electron chi connectivity index (χ1n) is 8.55. The molecular weight excluding hydrogens is 352 g/mol. The molecule has 0 heterocycles. The van der Waals surface area contributed by atoms with Crippen molar-refractivity contribution in [3.8, 4) is 5.75 Å². The minimum absolute atomic E-state index is 0.198. The van der Waals surface area contributed by atoms with E-state index in [0.29, 0.717) is 24.4 Å². The van der Waals surface area contributed by atoms with Crippen LogP contribution < -0.4 is 14.8 Å². The van der Waals surface area contributed by atoms with E-state index >= 15 is 0 Å². The van der Waals surface area contributed by atoms with Crippen molar-refractivity contribution in [3.05, 3.63) is 59.2 Å². The van der Waals surface area contributed by atoms with E-state index < -0.39 is 10.9 Å². The number of rotatable bonds is 10. The van der Waals surface area contributed by atoms with Gasteiger partial charge in [0.25, 0.3) is 0 Å². The summed E-state index contributed by atoms with van der Waals surface area (Å²) in [5, 5.41) is 12.7. The molecule has 0 radical (unpaired) electrons. The molecule has 0 bridgehead atoms. The number of ether oxygens (including phenoxy) is 1. The number of aliphatic hydroxyl groups excluding tert-OH is 1. The lowest BCUT2D eigenvalue weighted by molar-refractivity contribution is 0.282. The van der Waals surface area contributed by atoms with Crippen molar-refractivity contribution in [1.82, 2.24) is 5.32 Å². The van der Waals surface area contributed by atoms with Crippen molar-refractivity contribution < 1.29 is 18.3 Å². The minimum Gasteiger partial charge on any atom is -0.492 e. The Kier molecular flexibility index (Phi) is 7.90. The first-order valence-corrected chi connectivity index (χ1v) is 9.73. The molecule has 0 aliphatic rings. The number of hydrogen-bond acceptors (Lipinski definition) is 5. The molecule has 0 amide bonds. The highest BCUT2D eigenvalue weighted by Gasteiger charge is 2.08. The highest BCUT2D eigenvalue weighted by atomic mass is 32.2. The molecule has 1 atom stereocenters. The van der Waals surface area contributed by atoms with E-state index in [9.17, 15) is 13.5 Å². The van der Waals surface area contributed by atoms with Gasteiger partial charge in [-0.05, 0) is 43.5 Å². The molecule has 0 fully saturated rings. The van der Waals surface area contributed by atoms with Gasteiger partial charge < -0.3 is 15.2 Å². The molecule has 142 valence electrons. The second kappa shape index (κ2) is 10.2. The Morgan fingerprint density at radius 2 is 1.96 bits per heavy atom. The monoisotopic (exact) mass is 378 g/mol. The normalized spacial score (nSPS) is 12.2. The summed E-state index contributed by atoms with van der Waals surface area (Å²) in [5.41, 5.74) is 3.08. The van der Waals surface area contributed by atoms with Crippen LogP contribution in [0, 0.1) is 6.92 Å². The van der Waals surface area contributed by atoms with Crippen LogP contribution in [0.15, 0.2) is 42.5 Å². The Morgan fingerprint density at radius 1 is 1.19 bits per heavy atom. The molecule has 6 nitrogen and oxygen atoms in total. The standard InChI is InChI=1S/C19H26N2O4S/c1-14-5-3-4-6-19(14)25-10-9-20-15(2)11-16-7-8-17(13-22)18(12-16)21-26(23)24/h3-8,12,15,20,22,26H,9-11,13H2,1-2H3,(H,21,23,24)/t15-/m1/s1. The van der Waals surface area contributed by atoms with Gasteiger partial charge in [0.05, 0.1) is 12.3 Å². The average molecular weight is 378 g/mol. The summed E-state index contributed by atoms with van der Waals surface area (Å²) in [6.07, 6.45) is 0.737. The molecule has 2 aromatic carbocycles. The van der Waals surface area contributed by atoms with E-state index in [-0.39, 0.29) is 12.6 Å². The number of anilines is 1. The van der Waals surface area contributed by atoms with Gasteiger partial charge in [-0.25, -0.2) is 8.42 Å². The molecule has 0 aliphatic heterocycles. The van der Waals surface area contributed by atoms with Gasteiger partial charge in [0.2, 0.25) is 10.9 Å². The molecule has 0 saturated heterocycles. The van der Waals surface area contributed by atoms with Gasteiger partial charge in [-0.15, -0.1) is 0 Å². The van der Waals surface area contributed by atoms with Crippen LogP contribution in [0.1, 0.15) is 23.6 Å². The first-order chi connectivity index (χ1) is 12.5. The summed E-state index contributed by atoms with van der Waals surface area (Å²) < 4.78 is 29.9. The molecule has 0 aromatic heterocycles. The zero-order valence-corrected chi connectivity index (χ0v) is 16.0. The summed E-state index contributed by atoms with van der Waals surface area (Å²) in [7, 11) is -2.76. The smallest absolute Gasteiger partial charge is 0.222 e. The molecule has 3 N–H and O–H groups in total. The molecule has 2 rings (SSSR count). The van der Waals surface area contributed by atoms with E-state index in [2.05, 4.69) is 17.0 Å². The second-order valence-electron chi connectivity index (χ2n) is 6.19. The molecule has 7 heteroatoms. The fourth-order valence-electron chi connectivity index (χ4n) is 2.70. The van der Waals surface area contributed by atoms with Crippen LogP contribution in [0.4, 0.5) is 5.69 Å². The van der Waals surface area contributed by atoms with Gasteiger partial charge in [0.1, 0.15) is 12.4 Å². The Bertz CT molecular complexity index is 785. The van der Waals surface area contributed by atoms with Gasteiger partial charge in [0, 0.05) is 18.2 Å². The average Bonchev–Trinajstić information content (AvgIpc) is 2.60. The Balaban J connectivity index is 1.83. The van der Waals surface area contributed by atoms with E-state index in [4.69, 9.17) is 4.74 Å². The van der Waals surface area contributed by atoms with Gasteiger partial charge >= 0.3 is 0 Å². The summed E-state index contributed by atoms with van der Waals surface area (Å²) in [5.74, 6) is 0.893. The zero-order valence-electron chi connectivity index (χ0n) is 15.1. The number of para-hydroxylation sites is 1. The second-order valence-corrected chi connectivity index (χ2v) is 6.93. The molecule has 0 unspecified atom stereocenters. The van der Waals surface area contributed by atoms with Gasteiger partial charge in [-0.3, -0.25) is 4.72 Å². The minimum atomic E-state index is -2.76. The quantitative estimate of drug-likeness (QED) is 0.375. The maximum Gasteiger partial charge on any atom is 0.222 e. The van der Waals surface area contributed by atoms with Crippen molar-refractivity contribution in [2.24, 2.45) is 0 Å². The lowest BCUT2D eigenvalue weighted by Crippen LogP contribution is -2.31. The number of nitrogens with one attached hydrogen (secondary N) is 2. The Hall–Kier alpha value is -2.09. The Morgan fingerprint density at radius 3 is 2.65 bits per heavy atom. The van der Waals surface area contributed by atoms with Gasteiger partial charge in [-0.1, -0.05) is 30.3 Å². The fourth-order valence-corrected chi connectivity index (χ4v) is 3.11. The van der Waals surface area contributed by atoms with Gasteiger partial charge in [0.15, 0.2) is 0 Å². The number of aryl methyl sites for hydroxylation is 1. The van der Waals surface area contributed by atoms with Crippen LogP contribution in [0.2, 0.25) is 0 Å². The maximum atomic E-state index is 10.9. The Labute approximate surface area is 156 Å².